The van der Waals surface area contributed by atoms with Crippen molar-refractivity contribution in [2.75, 3.05) is 11.9 Å². The van der Waals surface area contributed by atoms with Crippen molar-refractivity contribution in [3.63, 3.8) is 0 Å². The number of halogens is 1. The predicted octanol–water partition coefficient (Wildman–Crippen LogP) is 4.13. The first kappa shape index (κ1) is 13.1. The van der Waals surface area contributed by atoms with Gasteiger partial charge in [-0.15, -0.1) is 0 Å². The van der Waals surface area contributed by atoms with Crippen molar-refractivity contribution in [1.82, 2.24) is 0 Å². The zero-order valence-electron chi connectivity index (χ0n) is 9.93. The van der Waals surface area contributed by atoms with E-state index >= 15 is 0 Å². The molecule has 0 heterocycles. The van der Waals surface area contributed by atoms with E-state index in [4.69, 9.17) is 0 Å². The van der Waals surface area contributed by atoms with Gasteiger partial charge in [-0.2, -0.15) is 0 Å². The number of hydrogen-bond acceptors (Lipinski definition) is 3. The number of nitro groups is 1. The molecule has 1 aliphatic rings. The molecule has 0 fully saturated rings. The number of nitrogens with zero attached hydrogens (tertiary/aromatic N) is 1. The molecule has 0 amide bonds. The molecular formula is C13H15BrN2O2. The van der Waals surface area contributed by atoms with E-state index in [9.17, 15) is 10.1 Å². The summed E-state index contributed by atoms with van der Waals surface area (Å²) >= 11 is 3.25. The van der Waals surface area contributed by atoms with E-state index in [0.29, 0.717) is 11.6 Å². The monoisotopic (exact) mass is 310 g/mol. The van der Waals surface area contributed by atoms with Crippen molar-refractivity contribution in [2.24, 2.45) is 5.92 Å². The molecule has 2 rings (SSSR count). The number of rotatable bonds is 4. The van der Waals surface area contributed by atoms with Gasteiger partial charge in [-0.1, -0.05) is 28.1 Å². The van der Waals surface area contributed by atoms with E-state index in [1.807, 2.05) is 6.07 Å². The molecule has 18 heavy (non-hydrogen) atoms. The summed E-state index contributed by atoms with van der Waals surface area (Å²) in [5, 5.41) is 14.2. The molecule has 0 bridgehead atoms. The van der Waals surface area contributed by atoms with Crippen LogP contribution < -0.4 is 5.32 Å². The van der Waals surface area contributed by atoms with Crippen molar-refractivity contribution in [3.8, 4) is 0 Å². The lowest BCUT2D eigenvalue weighted by atomic mass is 9.94. The Labute approximate surface area is 114 Å². The Morgan fingerprint density at radius 1 is 1.44 bits per heavy atom. The molecule has 1 aliphatic carbocycles. The van der Waals surface area contributed by atoms with Gasteiger partial charge >= 0.3 is 0 Å². The molecular weight excluding hydrogens is 296 g/mol. The summed E-state index contributed by atoms with van der Waals surface area (Å²) in [6, 6.07) is 5.10. The molecule has 1 atom stereocenters. The summed E-state index contributed by atoms with van der Waals surface area (Å²) < 4.78 is 0.723. The van der Waals surface area contributed by atoms with E-state index in [0.717, 1.165) is 30.3 Å². The molecule has 0 radical (unpaired) electrons. The largest absolute Gasteiger partial charge is 0.379 e. The van der Waals surface area contributed by atoms with Crippen molar-refractivity contribution in [3.05, 3.63) is 44.9 Å². The van der Waals surface area contributed by atoms with E-state index in [2.05, 4.69) is 33.4 Å². The molecule has 1 unspecified atom stereocenters. The van der Waals surface area contributed by atoms with Gasteiger partial charge in [-0.25, -0.2) is 0 Å². The molecule has 0 aromatic heterocycles. The Hall–Kier alpha value is -1.36. The summed E-state index contributed by atoms with van der Waals surface area (Å²) in [4.78, 5) is 10.6. The number of allylic oxidation sites excluding steroid dienone is 2. The second-order valence-corrected chi connectivity index (χ2v) is 5.37. The molecule has 4 nitrogen and oxygen atoms in total. The topological polar surface area (TPSA) is 55.2 Å². The molecule has 96 valence electrons. The fraction of sp³-hybridized carbons (Fsp3) is 0.385. The van der Waals surface area contributed by atoms with Crippen LogP contribution in [0.2, 0.25) is 0 Å². The van der Waals surface area contributed by atoms with Crippen molar-refractivity contribution in [2.45, 2.75) is 19.3 Å². The van der Waals surface area contributed by atoms with Gasteiger partial charge in [0, 0.05) is 17.1 Å². The van der Waals surface area contributed by atoms with Crippen molar-refractivity contribution in [1.29, 1.82) is 0 Å². The molecule has 1 aromatic rings. The van der Waals surface area contributed by atoms with Crippen molar-refractivity contribution < 1.29 is 4.92 Å². The van der Waals surface area contributed by atoms with Crippen LogP contribution in [0.5, 0.6) is 0 Å². The maximum atomic E-state index is 11.0. The Kier molecular flexibility index (Phi) is 4.36. The number of nitrogens with one attached hydrogen (secondary N) is 1. The van der Waals surface area contributed by atoms with Gasteiger partial charge in [0.05, 0.1) is 4.92 Å². The Bertz CT molecular complexity index is 474. The summed E-state index contributed by atoms with van der Waals surface area (Å²) in [6.45, 7) is 0.785. The SMILES string of the molecule is O=[N+]([O-])c1cc(Br)ccc1NCC1CC=CCC1. The second kappa shape index (κ2) is 6.00. The molecule has 0 aliphatic heterocycles. The summed E-state index contributed by atoms with van der Waals surface area (Å²) in [6.07, 6.45) is 7.68. The Morgan fingerprint density at radius 3 is 2.94 bits per heavy atom. The standard InChI is InChI=1S/C13H15BrN2O2/c14-11-6-7-12(13(8-11)16(17)18)15-9-10-4-2-1-3-5-10/h1-2,6-8,10,15H,3-5,9H2. The Balaban J connectivity index is 2.04. The third-order valence-corrected chi connectivity index (χ3v) is 3.61. The molecule has 1 aromatic carbocycles. The first-order chi connectivity index (χ1) is 8.66. The average molecular weight is 311 g/mol. The normalized spacial score (nSPS) is 18.6. The van der Waals surface area contributed by atoms with Crippen LogP contribution in [0.3, 0.4) is 0 Å². The fourth-order valence-corrected chi connectivity index (χ4v) is 2.45. The van der Waals surface area contributed by atoms with Crippen LogP contribution >= 0.6 is 15.9 Å². The zero-order valence-corrected chi connectivity index (χ0v) is 11.5. The van der Waals surface area contributed by atoms with Gasteiger partial charge in [-0.05, 0) is 37.3 Å². The number of hydrogen-bond donors (Lipinski definition) is 1. The van der Waals surface area contributed by atoms with E-state index in [1.54, 1.807) is 6.07 Å². The van der Waals surface area contributed by atoms with Crippen molar-refractivity contribution >= 4 is 27.3 Å². The van der Waals surface area contributed by atoms with E-state index in [1.165, 1.54) is 6.07 Å². The highest BCUT2D eigenvalue weighted by molar-refractivity contribution is 9.10. The molecule has 0 saturated carbocycles. The van der Waals surface area contributed by atoms with Crippen LogP contribution in [0.4, 0.5) is 11.4 Å². The lowest BCUT2D eigenvalue weighted by Crippen LogP contribution is -2.15. The Morgan fingerprint density at radius 2 is 2.28 bits per heavy atom. The van der Waals surface area contributed by atoms with Gasteiger partial charge in [0.25, 0.3) is 5.69 Å². The highest BCUT2D eigenvalue weighted by Crippen LogP contribution is 2.29. The predicted molar refractivity (Wildman–Crippen MR) is 75.8 cm³/mol. The molecule has 0 saturated heterocycles. The van der Waals surface area contributed by atoms with Gasteiger partial charge in [0.2, 0.25) is 0 Å². The van der Waals surface area contributed by atoms with Crippen LogP contribution in [0, 0.1) is 16.0 Å². The summed E-state index contributed by atoms with van der Waals surface area (Å²) in [5.41, 5.74) is 0.716. The van der Waals surface area contributed by atoms with Crippen LogP contribution in [-0.4, -0.2) is 11.5 Å². The van der Waals surface area contributed by atoms with Crippen LogP contribution in [0.15, 0.2) is 34.8 Å². The first-order valence-corrected chi connectivity index (χ1v) is 6.79. The lowest BCUT2D eigenvalue weighted by molar-refractivity contribution is -0.384. The van der Waals surface area contributed by atoms with Crippen LogP contribution in [0.1, 0.15) is 19.3 Å². The molecule has 0 spiro atoms. The van der Waals surface area contributed by atoms with E-state index in [-0.39, 0.29) is 10.6 Å². The first-order valence-electron chi connectivity index (χ1n) is 5.99. The minimum Gasteiger partial charge on any atom is -0.379 e. The average Bonchev–Trinajstić information content (AvgIpc) is 2.38. The van der Waals surface area contributed by atoms with Gasteiger partial charge in [-0.3, -0.25) is 10.1 Å². The second-order valence-electron chi connectivity index (χ2n) is 4.45. The van der Waals surface area contributed by atoms with Crippen LogP contribution in [-0.2, 0) is 0 Å². The fourth-order valence-electron chi connectivity index (χ4n) is 2.10. The highest BCUT2D eigenvalue weighted by atomic mass is 79.9. The minimum atomic E-state index is -0.353. The lowest BCUT2D eigenvalue weighted by Gasteiger charge is -2.18. The smallest absolute Gasteiger partial charge is 0.293 e. The van der Waals surface area contributed by atoms with E-state index < -0.39 is 0 Å². The number of anilines is 1. The van der Waals surface area contributed by atoms with Gasteiger partial charge in [0.1, 0.15) is 5.69 Å². The highest BCUT2D eigenvalue weighted by Gasteiger charge is 2.16. The van der Waals surface area contributed by atoms with Gasteiger partial charge in [0.15, 0.2) is 0 Å². The summed E-state index contributed by atoms with van der Waals surface area (Å²) in [5.74, 6) is 0.568. The summed E-state index contributed by atoms with van der Waals surface area (Å²) in [7, 11) is 0. The third kappa shape index (κ3) is 3.32. The number of benzene rings is 1. The maximum Gasteiger partial charge on any atom is 0.293 e. The van der Waals surface area contributed by atoms with Crippen LogP contribution in [0.25, 0.3) is 0 Å². The zero-order chi connectivity index (χ0) is 13.0. The molecule has 5 heteroatoms. The maximum absolute atomic E-state index is 11.0. The number of nitro benzene ring substituents is 1. The van der Waals surface area contributed by atoms with Gasteiger partial charge < -0.3 is 5.32 Å². The quantitative estimate of drug-likeness (QED) is 0.517. The minimum absolute atomic E-state index is 0.121. The molecule has 1 N–H and O–H groups in total. The third-order valence-electron chi connectivity index (χ3n) is 3.12.